The summed E-state index contributed by atoms with van der Waals surface area (Å²) in [6, 6.07) is 3.30. The molecule has 0 unspecified atom stereocenters. The number of sulfonamides is 1. The van der Waals surface area contributed by atoms with Crippen molar-refractivity contribution in [3.8, 4) is 0 Å². The smallest absolute Gasteiger partial charge is 0.309 e. The van der Waals surface area contributed by atoms with Gasteiger partial charge in [-0.05, 0) is 43.6 Å². The predicted octanol–water partition coefficient (Wildman–Crippen LogP) is 2.20. The highest BCUT2D eigenvalue weighted by atomic mass is 32.2. The Kier molecular flexibility index (Phi) is 5.36. The highest BCUT2D eigenvalue weighted by Crippen LogP contribution is 2.28. The van der Waals surface area contributed by atoms with Crippen molar-refractivity contribution in [2.24, 2.45) is 5.92 Å². The van der Waals surface area contributed by atoms with Gasteiger partial charge in [0.15, 0.2) is 11.9 Å². The van der Waals surface area contributed by atoms with Crippen LogP contribution >= 0.6 is 11.3 Å². The van der Waals surface area contributed by atoms with Crippen LogP contribution in [-0.2, 0) is 24.3 Å². The first-order chi connectivity index (χ1) is 11.5. The van der Waals surface area contributed by atoms with E-state index in [1.54, 1.807) is 17.5 Å². The second-order valence-corrected chi connectivity index (χ2v) is 9.36. The molecule has 1 saturated carbocycles. The van der Waals surface area contributed by atoms with Gasteiger partial charge in [-0.15, -0.1) is 11.3 Å². The number of carbonyl (C=O) groups is 2. The molecule has 0 radical (unpaired) electrons. The number of Topliss-reactive ketones (excluding diaryl/α,β-unsaturated/α-hetero) is 1. The van der Waals surface area contributed by atoms with Crippen molar-refractivity contribution in [1.29, 1.82) is 0 Å². The van der Waals surface area contributed by atoms with Crippen LogP contribution in [-0.4, -0.2) is 43.7 Å². The van der Waals surface area contributed by atoms with Crippen molar-refractivity contribution < 1.29 is 22.7 Å². The molecule has 1 saturated heterocycles. The van der Waals surface area contributed by atoms with E-state index >= 15 is 0 Å². The molecule has 2 heterocycles. The number of thiophene rings is 1. The molecule has 2 aliphatic rings. The van der Waals surface area contributed by atoms with E-state index in [4.69, 9.17) is 4.74 Å². The number of ketones is 1. The van der Waals surface area contributed by atoms with E-state index in [9.17, 15) is 18.0 Å². The van der Waals surface area contributed by atoms with Crippen LogP contribution in [0.15, 0.2) is 21.7 Å². The Morgan fingerprint density at radius 3 is 2.58 bits per heavy atom. The van der Waals surface area contributed by atoms with Crippen LogP contribution in [0, 0.1) is 5.92 Å². The minimum atomic E-state index is -3.46. The Morgan fingerprint density at radius 2 is 1.96 bits per heavy atom. The minimum Gasteiger partial charge on any atom is -0.454 e. The summed E-state index contributed by atoms with van der Waals surface area (Å²) < 4.78 is 32.1. The van der Waals surface area contributed by atoms with E-state index in [2.05, 4.69) is 0 Å². The maximum Gasteiger partial charge on any atom is 0.309 e. The monoisotopic (exact) mass is 371 g/mol. The van der Waals surface area contributed by atoms with Gasteiger partial charge < -0.3 is 4.74 Å². The third-order valence-electron chi connectivity index (χ3n) is 4.63. The van der Waals surface area contributed by atoms with Gasteiger partial charge in [-0.1, -0.05) is 6.07 Å². The normalized spacial score (nSPS) is 24.0. The van der Waals surface area contributed by atoms with Gasteiger partial charge in [0.05, 0.1) is 5.92 Å². The summed E-state index contributed by atoms with van der Waals surface area (Å²) in [6.07, 6.45) is 3.13. The van der Waals surface area contributed by atoms with Gasteiger partial charge >= 0.3 is 5.97 Å². The molecule has 8 heteroatoms. The molecule has 24 heavy (non-hydrogen) atoms. The van der Waals surface area contributed by atoms with Crippen molar-refractivity contribution in [3.05, 3.63) is 17.5 Å². The quantitative estimate of drug-likeness (QED) is 0.758. The molecule has 2 fully saturated rings. The number of ether oxygens (including phenoxy) is 1. The summed E-state index contributed by atoms with van der Waals surface area (Å²) in [4.78, 5) is 24.0. The highest BCUT2D eigenvalue weighted by molar-refractivity contribution is 7.91. The van der Waals surface area contributed by atoms with Crippen LogP contribution in [0.25, 0.3) is 0 Å². The summed E-state index contributed by atoms with van der Waals surface area (Å²) >= 11 is 1.20. The van der Waals surface area contributed by atoms with Crippen molar-refractivity contribution in [2.75, 3.05) is 13.1 Å². The first-order valence-corrected chi connectivity index (χ1v) is 10.6. The summed E-state index contributed by atoms with van der Waals surface area (Å²) in [6.45, 7) is 0.608. The zero-order valence-corrected chi connectivity index (χ0v) is 15.0. The van der Waals surface area contributed by atoms with Gasteiger partial charge in [0, 0.05) is 19.5 Å². The Bertz CT molecular complexity index is 690. The predicted molar refractivity (Wildman–Crippen MR) is 89.2 cm³/mol. The molecular formula is C16H21NO5S2. The Labute approximate surface area is 145 Å². The molecule has 1 aliphatic carbocycles. The van der Waals surface area contributed by atoms with Crippen molar-refractivity contribution in [2.45, 2.75) is 48.8 Å². The number of nitrogens with zero attached hydrogens (tertiary/aromatic N) is 1. The fraction of sp³-hybridized carbons (Fsp3) is 0.625. The molecule has 0 aromatic carbocycles. The number of esters is 1. The maximum absolute atomic E-state index is 12.5. The lowest BCUT2D eigenvalue weighted by molar-refractivity contribution is -0.161. The number of rotatable bonds is 4. The summed E-state index contributed by atoms with van der Waals surface area (Å²) in [7, 11) is -3.46. The van der Waals surface area contributed by atoms with Gasteiger partial charge in [0.25, 0.3) is 10.0 Å². The molecule has 0 amide bonds. The van der Waals surface area contributed by atoms with E-state index < -0.39 is 16.1 Å². The van der Waals surface area contributed by atoms with Crippen molar-refractivity contribution in [1.82, 2.24) is 4.31 Å². The zero-order chi connectivity index (χ0) is 17.2. The Hall–Kier alpha value is -1.25. The number of hydrogen-bond acceptors (Lipinski definition) is 6. The van der Waals surface area contributed by atoms with E-state index in [0.717, 1.165) is 12.8 Å². The summed E-state index contributed by atoms with van der Waals surface area (Å²) in [5.74, 6) is -0.676. The van der Waals surface area contributed by atoms with Crippen molar-refractivity contribution in [3.63, 3.8) is 0 Å². The van der Waals surface area contributed by atoms with E-state index in [1.807, 2.05) is 0 Å². The van der Waals surface area contributed by atoms with E-state index in [0.29, 0.717) is 43.0 Å². The van der Waals surface area contributed by atoms with Crippen LogP contribution < -0.4 is 0 Å². The molecule has 3 rings (SSSR count). The molecule has 0 spiro atoms. The summed E-state index contributed by atoms with van der Waals surface area (Å²) in [5, 5.41) is 1.73. The average molecular weight is 371 g/mol. The lowest BCUT2D eigenvalue weighted by atomic mass is 9.95. The topological polar surface area (TPSA) is 80.8 Å². The first-order valence-electron chi connectivity index (χ1n) is 8.25. The van der Waals surface area contributed by atoms with Gasteiger partial charge in [0.1, 0.15) is 4.21 Å². The lowest BCUT2D eigenvalue weighted by Gasteiger charge is -2.31. The SMILES string of the molecule is O=C(O[C@H]1CCCCC1=O)C1CCN(S(=O)(=O)c2cccs2)CC1. The van der Waals surface area contributed by atoms with Gasteiger partial charge in [0.2, 0.25) is 0 Å². The van der Waals surface area contributed by atoms with Crippen LogP contribution in [0.5, 0.6) is 0 Å². The van der Waals surface area contributed by atoms with Crippen LogP contribution in [0.1, 0.15) is 38.5 Å². The molecule has 132 valence electrons. The second-order valence-electron chi connectivity index (χ2n) is 6.25. The molecule has 1 aromatic heterocycles. The fourth-order valence-electron chi connectivity index (χ4n) is 3.18. The van der Waals surface area contributed by atoms with Crippen molar-refractivity contribution >= 4 is 33.1 Å². The molecular weight excluding hydrogens is 350 g/mol. The number of hydrogen-bond donors (Lipinski definition) is 0. The fourth-order valence-corrected chi connectivity index (χ4v) is 5.80. The number of carbonyl (C=O) groups excluding carboxylic acids is 2. The van der Waals surface area contributed by atoms with Gasteiger partial charge in [-0.25, -0.2) is 8.42 Å². The van der Waals surface area contributed by atoms with Gasteiger partial charge in [-0.2, -0.15) is 4.31 Å². The van der Waals surface area contributed by atoms with Gasteiger partial charge in [-0.3, -0.25) is 9.59 Å². The maximum atomic E-state index is 12.5. The van der Waals surface area contributed by atoms with Crippen LogP contribution in [0.2, 0.25) is 0 Å². The second kappa shape index (κ2) is 7.33. The largest absolute Gasteiger partial charge is 0.454 e. The number of piperidine rings is 1. The molecule has 1 atom stereocenters. The third kappa shape index (κ3) is 3.70. The molecule has 1 aromatic rings. The standard InChI is InChI=1S/C16H21NO5S2/c18-13-4-1-2-5-14(13)22-16(19)12-7-9-17(10-8-12)24(20,21)15-6-3-11-23-15/h3,6,11-12,14H,1-2,4-5,7-10H2/t14-/m0/s1. The minimum absolute atomic E-state index is 0.00677. The average Bonchev–Trinajstić information content (AvgIpc) is 3.12. The molecule has 1 aliphatic heterocycles. The molecule has 0 N–H and O–H groups in total. The zero-order valence-electron chi connectivity index (χ0n) is 13.3. The molecule has 6 nitrogen and oxygen atoms in total. The highest BCUT2D eigenvalue weighted by Gasteiger charge is 2.35. The third-order valence-corrected chi connectivity index (χ3v) is 7.91. The van der Waals surface area contributed by atoms with E-state index in [-0.39, 0.29) is 17.7 Å². The Morgan fingerprint density at radius 1 is 1.21 bits per heavy atom. The van der Waals surface area contributed by atoms with Crippen LogP contribution in [0.3, 0.4) is 0 Å². The lowest BCUT2D eigenvalue weighted by Crippen LogP contribution is -2.41. The first kappa shape index (κ1) is 17.6. The van der Waals surface area contributed by atoms with Crippen LogP contribution in [0.4, 0.5) is 0 Å². The van der Waals surface area contributed by atoms with E-state index in [1.165, 1.54) is 15.6 Å². The molecule has 0 bridgehead atoms. The Balaban J connectivity index is 1.55. The summed E-state index contributed by atoms with van der Waals surface area (Å²) in [5.41, 5.74) is 0.